The van der Waals surface area contributed by atoms with Gasteiger partial charge in [0, 0.05) is 5.56 Å². The highest BCUT2D eigenvalue weighted by molar-refractivity contribution is 9.10. The Kier molecular flexibility index (Phi) is 3.79. The third-order valence-electron chi connectivity index (χ3n) is 2.09. The summed E-state index contributed by atoms with van der Waals surface area (Å²) in [5.74, 6) is -2.79. The van der Waals surface area contributed by atoms with E-state index in [1.165, 1.54) is 20.1 Å². The Bertz CT molecular complexity index is 393. The molecule has 0 aliphatic heterocycles. The largest absolute Gasteiger partial charge is 0.469 e. The molecule has 0 aromatic heterocycles. The predicted molar refractivity (Wildman–Crippen MR) is 54.5 cm³/mol. The second-order valence-electron chi connectivity index (χ2n) is 3.01. The van der Waals surface area contributed by atoms with Gasteiger partial charge in [-0.05, 0) is 28.9 Å². The Labute approximate surface area is 94.4 Å². The fourth-order valence-electron chi connectivity index (χ4n) is 1.18. The van der Waals surface area contributed by atoms with Gasteiger partial charge in [0.2, 0.25) is 0 Å². The SMILES string of the molecule is COC(=O)C(C)c1ccc(F)c(Br)c1F. The second-order valence-corrected chi connectivity index (χ2v) is 3.80. The van der Waals surface area contributed by atoms with Crippen LogP contribution in [-0.4, -0.2) is 13.1 Å². The molecule has 0 fully saturated rings. The van der Waals surface area contributed by atoms with Crippen LogP contribution in [-0.2, 0) is 9.53 Å². The van der Waals surface area contributed by atoms with Crippen molar-refractivity contribution in [3.63, 3.8) is 0 Å². The van der Waals surface area contributed by atoms with E-state index in [9.17, 15) is 13.6 Å². The zero-order valence-electron chi connectivity index (χ0n) is 8.18. The summed E-state index contributed by atoms with van der Waals surface area (Å²) in [6.45, 7) is 1.49. The van der Waals surface area contributed by atoms with Crippen molar-refractivity contribution >= 4 is 21.9 Å². The average Bonchev–Trinajstić information content (AvgIpc) is 2.24. The lowest BCUT2D eigenvalue weighted by atomic mass is 10.0. The van der Waals surface area contributed by atoms with E-state index in [1.807, 2.05) is 0 Å². The van der Waals surface area contributed by atoms with Crippen LogP contribution in [0.25, 0.3) is 0 Å². The van der Waals surface area contributed by atoms with Gasteiger partial charge in [0.1, 0.15) is 11.6 Å². The highest BCUT2D eigenvalue weighted by atomic mass is 79.9. The van der Waals surface area contributed by atoms with Crippen molar-refractivity contribution in [3.05, 3.63) is 33.8 Å². The van der Waals surface area contributed by atoms with Crippen molar-refractivity contribution in [2.75, 3.05) is 7.11 Å². The quantitative estimate of drug-likeness (QED) is 0.614. The number of benzene rings is 1. The van der Waals surface area contributed by atoms with Gasteiger partial charge in [0.25, 0.3) is 0 Å². The van der Waals surface area contributed by atoms with E-state index in [1.54, 1.807) is 0 Å². The van der Waals surface area contributed by atoms with Gasteiger partial charge < -0.3 is 4.74 Å². The topological polar surface area (TPSA) is 26.3 Å². The lowest BCUT2D eigenvalue weighted by molar-refractivity contribution is -0.142. The Morgan fingerprint density at radius 1 is 1.47 bits per heavy atom. The van der Waals surface area contributed by atoms with Crippen LogP contribution in [0.3, 0.4) is 0 Å². The maximum absolute atomic E-state index is 13.5. The molecule has 0 heterocycles. The number of hydrogen-bond acceptors (Lipinski definition) is 2. The molecule has 1 atom stereocenters. The van der Waals surface area contributed by atoms with Gasteiger partial charge in [-0.1, -0.05) is 6.07 Å². The van der Waals surface area contributed by atoms with Gasteiger partial charge in [0.05, 0.1) is 17.5 Å². The monoisotopic (exact) mass is 278 g/mol. The average molecular weight is 279 g/mol. The van der Waals surface area contributed by atoms with Crippen LogP contribution < -0.4 is 0 Å². The number of carbonyl (C=O) groups excluding carboxylic acids is 1. The number of hydrogen-bond donors (Lipinski definition) is 0. The van der Waals surface area contributed by atoms with Gasteiger partial charge in [-0.15, -0.1) is 0 Å². The first-order chi connectivity index (χ1) is 6.99. The first-order valence-corrected chi connectivity index (χ1v) is 4.99. The van der Waals surface area contributed by atoms with Crippen molar-refractivity contribution < 1.29 is 18.3 Å². The highest BCUT2D eigenvalue weighted by Crippen LogP contribution is 2.27. The minimum atomic E-state index is -0.770. The zero-order valence-corrected chi connectivity index (χ0v) is 9.77. The van der Waals surface area contributed by atoms with Crippen LogP contribution in [0.4, 0.5) is 8.78 Å². The third-order valence-corrected chi connectivity index (χ3v) is 2.81. The molecule has 1 unspecified atom stereocenters. The van der Waals surface area contributed by atoms with Crippen LogP contribution in [0.2, 0.25) is 0 Å². The number of esters is 1. The molecule has 5 heteroatoms. The van der Waals surface area contributed by atoms with Crippen LogP contribution in [0.15, 0.2) is 16.6 Å². The summed E-state index contributed by atoms with van der Waals surface area (Å²) >= 11 is 2.77. The molecule has 0 spiro atoms. The summed E-state index contributed by atoms with van der Waals surface area (Å²) in [6, 6.07) is 2.33. The van der Waals surface area contributed by atoms with Crippen molar-refractivity contribution in [1.82, 2.24) is 0 Å². The highest BCUT2D eigenvalue weighted by Gasteiger charge is 2.22. The van der Waals surface area contributed by atoms with Crippen LogP contribution >= 0.6 is 15.9 Å². The summed E-state index contributed by atoms with van der Waals surface area (Å²) in [4.78, 5) is 11.2. The number of methoxy groups -OCH3 is 1. The van der Waals surface area contributed by atoms with Gasteiger partial charge in [-0.2, -0.15) is 0 Å². The number of carbonyl (C=O) groups is 1. The molecule has 0 amide bonds. The minimum Gasteiger partial charge on any atom is -0.469 e. The summed E-state index contributed by atoms with van der Waals surface area (Å²) in [5, 5.41) is 0. The Morgan fingerprint density at radius 3 is 2.60 bits per heavy atom. The molecule has 82 valence electrons. The zero-order chi connectivity index (χ0) is 11.6. The van der Waals surface area contributed by atoms with E-state index in [0.29, 0.717) is 0 Å². The van der Waals surface area contributed by atoms with E-state index < -0.39 is 23.5 Å². The molecular formula is C10H9BrF2O2. The van der Waals surface area contributed by atoms with E-state index in [-0.39, 0.29) is 10.0 Å². The minimum absolute atomic E-state index is 0.107. The summed E-state index contributed by atoms with van der Waals surface area (Å²) in [7, 11) is 1.22. The van der Waals surface area contributed by atoms with E-state index in [2.05, 4.69) is 20.7 Å². The molecule has 0 radical (unpaired) electrons. The maximum Gasteiger partial charge on any atom is 0.312 e. The first-order valence-electron chi connectivity index (χ1n) is 4.20. The third kappa shape index (κ3) is 2.34. The molecule has 15 heavy (non-hydrogen) atoms. The van der Waals surface area contributed by atoms with Crippen molar-refractivity contribution in [1.29, 1.82) is 0 Å². The molecule has 1 aromatic rings. The summed E-state index contributed by atoms with van der Waals surface area (Å²) in [5.41, 5.74) is 0.107. The fourth-order valence-corrected chi connectivity index (χ4v) is 1.54. The number of halogens is 3. The van der Waals surface area contributed by atoms with Crippen molar-refractivity contribution in [2.45, 2.75) is 12.8 Å². The number of ether oxygens (including phenoxy) is 1. The lowest BCUT2D eigenvalue weighted by Crippen LogP contribution is -2.12. The fraction of sp³-hybridized carbons (Fsp3) is 0.300. The van der Waals surface area contributed by atoms with Crippen LogP contribution in [0.5, 0.6) is 0 Å². The van der Waals surface area contributed by atoms with Gasteiger partial charge in [0.15, 0.2) is 0 Å². The molecule has 2 nitrogen and oxygen atoms in total. The van der Waals surface area contributed by atoms with E-state index in [4.69, 9.17) is 0 Å². The molecule has 0 saturated heterocycles. The van der Waals surface area contributed by atoms with Gasteiger partial charge in [-0.25, -0.2) is 8.78 Å². The summed E-state index contributed by atoms with van der Waals surface area (Å²) in [6.07, 6.45) is 0. The van der Waals surface area contributed by atoms with Gasteiger partial charge >= 0.3 is 5.97 Å². The van der Waals surface area contributed by atoms with Crippen molar-refractivity contribution in [3.8, 4) is 0 Å². The molecule has 1 rings (SSSR count). The van der Waals surface area contributed by atoms with Gasteiger partial charge in [-0.3, -0.25) is 4.79 Å². The smallest absolute Gasteiger partial charge is 0.312 e. The van der Waals surface area contributed by atoms with E-state index >= 15 is 0 Å². The van der Waals surface area contributed by atoms with E-state index in [0.717, 1.165) is 6.07 Å². The predicted octanol–water partition coefficient (Wildman–Crippen LogP) is 3.00. The Balaban J connectivity index is 3.16. The Hall–Kier alpha value is -0.970. The number of rotatable bonds is 2. The van der Waals surface area contributed by atoms with Crippen molar-refractivity contribution in [2.24, 2.45) is 0 Å². The standard InChI is InChI=1S/C10H9BrF2O2/c1-5(10(14)15-2)6-3-4-7(12)8(11)9(6)13/h3-5H,1-2H3. The molecule has 0 N–H and O–H groups in total. The molecule has 1 aromatic carbocycles. The van der Waals surface area contributed by atoms with Crippen LogP contribution in [0.1, 0.15) is 18.4 Å². The lowest BCUT2D eigenvalue weighted by Gasteiger charge is -2.11. The second kappa shape index (κ2) is 4.70. The summed E-state index contributed by atoms with van der Waals surface area (Å²) < 4.78 is 30.6. The molecule has 0 saturated carbocycles. The van der Waals surface area contributed by atoms with Crippen LogP contribution in [0, 0.1) is 11.6 Å². The maximum atomic E-state index is 13.5. The molecular weight excluding hydrogens is 270 g/mol. The Morgan fingerprint density at radius 2 is 2.07 bits per heavy atom. The molecule has 0 bridgehead atoms. The first kappa shape index (κ1) is 12.1. The molecule has 0 aliphatic carbocycles. The normalized spacial score (nSPS) is 12.3. The molecule has 0 aliphatic rings.